The number of nitrogens with one attached hydrogen (secondary N) is 1. The number of likely N-dealkylation sites (tertiary alicyclic amines) is 1. The molecule has 2 N–H and O–H groups in total. The van der Waals surface area contributed by atoms with E-state index in [1.165, 1.54) is 5.56 Å². The molecule has 2 heterocycles. The van der Waals surface area contributed by atoms with E-state index in [9.17, 15) is 18.0 Å². The molecule has 0 aromatic heterocycles. The van der Waals surface area contributed by atoms with Crippen molar-refractivity contribution in [3.8, 4) is 5.75 Å². The molecule has 4 rings (SSSR count). The van der Waals surface area contributed by atoms with Crippen molar-refractivity contribution in [1.29, 1.82) is 0 Å². The molecule has 1 amide bonds. The number of methoxy groups -OCH3 is 1. The first kappa shape index (κ1) is 24.3. The fraction of sp³-hybridized carbons (Fsp3) is 0.636. The van der Waals surface area contributed by atoms with Crippen LogP contribution in [-0.2, 0) is 20.9 Å². The fourth-order valence-electron chi connectivity index (χ4n) is 4.29. The predicted octanol–water partition coefficient (Wildman–Crippen LogP) is 2.83. The minimum Gasteiger partial charge on any atom is -0.496 e. The van der Waals surface area contributed by atoms with E-state index >= 15 is 0 Å². The van der Waals surface area contributed by atoms with Gasteiger partial charge in [-0.05, 0) is 37.8 Å². The van der Waals surface area contributed by atoms with Crippen molar-refractivity contribution in [1.82, 2.24) is 10.2 Å². The monoisotopic (exact) mass is 458 g/mol. The quantitative estimate of drug-likeness (QED) is 0.682. The number of carboxylic acids is 1. The maximum absolute atomic E-state index is 12.1. The molecule has 7 nitrogen and oxygen atoms in total. The molecule has 0 radical (unpaired) electrons. The molecule has 3 fully saturated rings. The van der Waals surface area contributed by atoms with Crippen LogP contribution in [0.25, 0.3) is 0 Å². The molecule has 1 saturated carbocycles. The average molecular weight is 458 g/mol. The largest absolute Gasteiger partial charge is 0.496 e. The van der Waals surface area contributed by atoms with E-state index in [0.29, 0.717) is 24.3 Å². The van der Waals surface area contributed by atoms with Crippen molar-refractivity contribution in [2.24, 2.45) is 11.8 Å². The van der Waals surface area contributed by atoms with Crippen molar-refractivity contribution < 1.29 is 37.3 Å². The highest BCUT2D eigenvalue weighted by molar-refractivity contribution is 5.77. The number of benzene rings is 1. The van der Waals surface area contributed by atoms with Crippen LogP contribution in [0.1, 0.15) is 31.2 Å². The fourth-order valence-corrected chi connectivity index (χ4v) is 4.29. The Morgan fingerprint density at radius 3 is 2.56 bits per heavy atom. The molecule has 10 heteroatoms. The van der Waals surface area contributed by atoms with E-state index in [2.05, 4.69) is 22.3 Å². The van der Waals surface area contributed by atoms with E-state index in [-0.39, 0.29) is 12.0 Å². The van der Waals surface area contributed by atoms with Crippen LogP contribution in [0.4, 0.5) is 13.2 Å². The van der Waals surface area contributed by atoms with Gasteiger partial charge in [0.2, 0.25) is 5.91 Å². The summed E-state index contributed by atoms with van der Waals surface area (Å²) in [4.78, 5) is 23.5. The second kappa shape index (κ2) is 10.5. The van der Waals surface area contributed by atoms with Gasteiger partial charge in [-0.2, -0.15) is 13.2 Å². The van der Waals surface area contributed by atoms with Gasteiger partial charge in [0.05, 0.1) is 26.2 Å². The second-order valence-electron chi connectivity index (χ2n) is 8.48. The van der Waals surface area contributed by atoms with Gasteiger partial charge in [0.1, 0.15) is 5.75 Å². The van der Waals surface area contributed by atoms with Crippen molar-refractivity contribution in [2.75, 3.05) is 26.8 Å². The molecule has 2 aliphatic heterocycles. The number of ether oxygens (including phenoxy) is 2. The summed E-state index contributed by atoms with van der Waals surface area (Å²) in [6, 6.07) is 8.68. The van der Waals surface area contributed by atoms with Gasteiger partial charge in [-0.1, -0.05) is 18.2 Å². The van der Waals surface area contributed by atoms with Gasteiger partial charge in [0.15, 0.2) is 0 Å². The standard InChI is InChI=1S/C20H28N2O3.C2HF3O2/c1-24-18-5-3-2-4-14(18)11-22-9-8-17-15(12-22)13-25-19(17)10-20(23)21-16-6-7-16;3-2(4,5)1(6)7/h2-5,15-17,19H,6-13H2,1H3,(H,21,23);(H,6,7)/t15-,17-,19+;/m1./s1. The highest BCUT2D eigenvalue weighted by Crippen LogP contribution is 2.37. The first-order chi connectivity index (χ1) is 15.2. The topological polar surface area (TPSA) is 88.1 Å². The number of fused-ring (bicyclic) bond motifs is 1. The van der Waals surface area contributed by atoms with Crippen molar-refractivity contribution in [3.63, 3.8) is 0 Å². The number of nitrogens with zero attached hydrogens (tertiary/aromatic N) is 1. The smallest absolute Gasteiger partial charge is 0.490 e. The zero-order valence-electron chi connectivity index (χ0n) is 17.9. The zero-order valence-corrected chi connectivity index (χ0v) is 17.9. The molecule has 178 valence electrons. The molecule has 3 atom stereocenters. The lowest BCUT2D eigenvalue weighted by Crippen LogP contribution is -2.42. The molecule has 3 aliphatic rings. The second-order valence-corrected chi connectivity index (χ2v) is 8.48. The van der Waals surface area contributed by atoms with Crippen molar-refractivity contribution >= 4 is 11.9 Å². The van der Waals surface area contributed by atoms with Gasteiger partial charge >= 0.3 is 12.1 Å². The van der Waals surface area contributed by atoms with Crippen molar-refractivity contribution in [3.05, 3.63) is 29.8 Å². The first-order valence-electron chi connectivity index (χ1n) is 10.7. The van der Waals surface area contributed by atoms with Crippen LogP contribution in [-0.4, -0.2) is 67.0 Å². The lowest BCUT2D eigenvalue weighted by Gasteiger charge is -2.35. The van der Waals surface area contributed by atoms with Crippen molar-refractivity contribution in [2.45, 2.75) is 50.6 Å². The number of piperidine rings is 1. The number of carbonyl (C=O) groups excluding carboxylic acids is 1. The number of para-hydroxylation sites is 1. The summed E-state index contributed by atoms with van der Waals surface area (Å²) in [6.07, 6.45) is -1.05. The van der Waals surface area contributed by atoms with E-state index in [1.807, 2.05) is 12.1 Å². The lowest BCUT2D eigenvalue weighted by atomic mass is 9.83. The van der Waals surface area contributed by atoms with E-state index in [1.54, 1.807) is 7.11 Å². The van der Waals surface area contributed by atoms with Gasteiger partial charge in [-0.3, -0.25) is 9.69 Å². The number of hydrogen-bond acceptors (Lipinski definition) is 5. The molecular formula is C22H29F3N2O5. The molecule has 2 saturated heterocycles. The minimum absolute atomic E-state index is 0.108. The third-order valence-electron chi connectivity index (χ3n) is 6.04. The maximum Gasteiger partial charge on any atom is 0.490 e. The molecule has 32 heavy (non-hydrogen) atoms. The number of amides is 1. The van der Waals surface area contributed by atoms with Crippen LogP contribution >= 0.6 is 0 Å². The Balaban J connectivity index is 0.000000360. The molecule has 0 unspecified atom stereocenters. The Morgan fingerprint density at radius 2 is 1.94 bits per heavy atom. The Kier molecular flexibility index (Phi) is 8.00. The predicted molar refractivity (Wildman–Crippen MR) is 109 cm³/mol. The summed E-state index contributed by atoms with van der Waals surface area (Å²) in [5.74, 6) is -0.555. The summed E-state index contributed by atoms with van der Waals surface area (Å²) >= 11 is 0. The van der Waals surface area contributed by atoms with E-state index in [4.69, 9.17) is 19.4 Å². The molecule has 0 spiro atoms. The highest BCUT2D eigenvalue weighted by atomic mass is 19.4. The van der Waals surface area contributed by atoms with E-state index in [0.717, 1.165) is 51.3 Å². The molecule has 1 aliphatic carbocycles. The summed E-state index contributed by atoms with van der Waals surface area (Å²) in [7, 11) is 1.73. The van der Waals surface area contributed by atoms with Crippen LogP contribution in [0, 0.1) is 11.8 Å². The third kappa shape index (κ3) is 6.83. The van der Waals surface area contributed by atoms with Gasteiger partial charge in [-0.15, -0.1) is 0 Å². The highest BCUT2D eigenvalue weighted by Gasteiger charge is 2.42. The van der Waals surface area contributed by atoms with Gasteiger partial charge in [0, 0.05) is 30.6 Å². The van der Waals surface area contributed by atoms with Crippen LogP contribution < -0.4 is 10.1 Å². The summed E-state index contributed by atoms with van der Waals surface area (Å²) in [5.41, 5.74) is 1.24. The van der Waals surface area contributed by atoms with Gasteiger partial charge < -0.3 is 19.9 Å². The molecular weight excluding hydrogens is 429 g/mol. The number of carboxylic acid groups (broad SMARTS) is 1. The van der Waals surface area contributed by atoms with Crippen LogP contribution in [0.15, 0.2) is 24.3 Å². The number of hydrogen-bond donors (Lipinski definition) is 2. The number of rotatable bonds is 6. The number of aliphatic carboxylic acids is 1. The Labute approximate surface area is 184 Å². The molecule has 1 aromatic carbocycles. The molecule has 0 bridgehead atoms. The van der Waals surface area contributed by atoms with Gasteiger partial charge in [0.25, 0.3) is 0 Å². The van der Waals surface area contributed by atoms with Crippen LogP contribution in [0.2, 0.25) is 0 Å². The van der Waals surface area contributed by atoms with Crippen LogP contribution in [0.5, 0.6) is 5.75 Å². The lowest BCUT2D eigenvalue weighted by molar-refractivity contribution is -0.192. The average Bonchev–Trinajstić information content (AvgIpc) is 3.47. The Hall–Kier alpha value is -2.33. The van der Waals surface area contributed by atoms with Crippen LogP contribution in [0.3, 0.4) is 0 Å². The summed E-state index contributed by atoms with van der Waals surface area (Å²) in [6.45, 7) is 3.81. The third-order valence-corrected chi connectivity index (χ3v) is 6.04. The number of alkyl halides is 3. The van der Waals surface area contributed by atoms with Gasteiger partial charge in [-0.25, -0.2) is 4.79 Å². The Bertz CT molecular complexity index is 800. The summed E-state index contributed by atoms with van der Waals surface area (Å²) in [5, 5.41) is 10.2. The normalized spacial score (nSPS) is 25.3. The maximum atomic E-state index is 12.1. The zero-order chi connectivity index (χ0) is 23.3. The Morgan fingerprint density at radius 1 is 1.25 bits per heavy atom. The molecule has 1 aromatic rings. The minimum atomic E-state index is -5.08. The number of carbonyl (C=O) groups is 2. The number of halogens is 3. The SMILES string of the molecule is COc1ccccc1CN1CC[C@@H]2[C@@H](CO[C@H]2CC(=O)NC2CC2)C1.O=C(O)C(F)(F)F. The first-order valence-corrected chi connectivity index (χ1v) is 10.7. The van der Waals surface area contributed by atoms with E-state index < -0.39 is 12.1 Å². The summed E-state index contributed by atoms with van der Waals surface area (Å²) < 4.78 is 43.2.